The summed E-state index contributed by atoms with van der Waals surface area (Å²) in [5.74, 6) is 2.60. The molecule has 4 heteroatoms. The van der Waals surface area contributed by atoms with Gasteiger partial charge in [0, 0.05) is 24.8 Å². The molecule has 2 aromatic rings. The summed E-state index contributed by atoms with van der Waals surface area (Å²) in [6.45, 7) is 12.3. The molecule has 0 unspecified atom stereocenters. The van der Waals surface area contributed by atoms with Gasteiger partial charge in [-0.25, -0.2) is 9.97 Å². The molecule has 1 N–H and O–H groups in total. The first-order valence-corrected chi connectivity index (χ1v) is 7.48. The van der Waals surface area contributed by atoms with Crippen LogP contribution in [0.3, 0.4) is 0 Å². The Bertz CT molecular complexity index is 618. The van der Waals surface area contributed by atoms with E-state index in [1.54, 1.807) is 0 Å². The van der Waals surface area contributed by atoms with Crippen molar-refractivity contribution in [1.82, 2.24) is 9.97 Å². The fourth-order valence-electron chi connectivity index (χ4n) is 2.42. The molecular weight excluding hydrogens is 260 g/mol. The third-order valence-electron chi connectivity index (χ3n) is 3.56. The fourth-order valence-corrected chi connectivity index (χ4v) is 2.42. The quantitative estimate of drug-likeness (QED) is 0.901. The van der Waals surface area contributed by atoms with Gasteiger partial charge in [-0.15, -0.1) is 0 Å². The van der Waals surface area contributed by atoms with Crippen molar-refractivity contribution in [3.63, 3.8) is 0 Å². The minimum atomic E-state index is 0.784. The number of rotatable bonds is 5. The highest BCUT2D eigenvalue weighted by atomic mass is 15.2. The largest absolute Gasteiger partial charge is 0.357 e. The van der Waals surface area contributed by atoms with Crippen molar-refractivity contribution in [2.45, 2.75) is 34.6 Å². The first-order chi connectivity index (χ1) is 10.0. The van der Waals surface area contributed by atoms with E-state index in [1.165, 1.54) is 11.1 Å². The van der Waals surface area contributed by atoms with Gasteiger partial charge < -0.3 is 10.2 Å². The third kappa shape index (κ3) is 3.72. The molecule has 0 saturated carbocycles. The third-order valence-corrected chi connectivity index (χ3v) is 3.56. The SMILES string of the molecule is CCN(CC)c1cc(Nc2ccc(C)cc2C)nc(C)n1. The van der Waals surface area contributed by atoms with Crippen LogP contribution in [0, 0.1) is 20.8 Å². The first kappa shape index (κ1) is 15.3. The zero-order valence-corrected chi connectivity index (χ0v) is 13.6. The van der Waals surface area contributed by atoms with Gasteiger partial charge in [0.2, 0.25) is 0 Å². The molecule has 4 nitrogen and oxygen atoms in total. The van der Waals surface area contributed by atoms with Crippen molar-refractivity contribution in [2.75, 3.05) is 23.3 Å². The molecule has 0 aliphatic carbocycles. The maximum atomic E-state index is 4.53. The maximum absolute atomic E-state index is 4.53. The Morgan fingerprint density at radius 2 is 1.71 bits per heavy atom. The Hall–Kier alpha value is -2.10. The molecule has 1 aromatic heterocycles. The van der Waals surface area contributed by atoms with Crippen molar-refractivity contribution in [3.8, 4) is 0 Å². The molecular formula is C17H24N4. The van der Waals surface area contributed by atoms with Gasteiger partial charge in [0.05, 0.1) is 0 Å². The van der Waals surface area contributed by atoms with Gasteiger partial charge in [0.1, 0.15) is 17.5 Å². The van der Waals surface area contributed by atoms with Crippen LogP contribution in [-0.2, 0) is 0 Å². The van der Waals surface area contributed by atoms with Crippen LogP contribution in [0.4, 0.5) is 17.3 Å². The van der Waals surface area contributed by atoms with Gasteiger partial charge in [-0.1, -0.05) is 17.7 Å². The summed E-state index contributed by atoms with van der Waals surface area (Å²) in [6.07, 6.45) is 0. The normalized spacial score (nSPS) is 10.5. The van der Waals surface area contributed by atoms with Crippen LogP contribution in [-0.4, -0.2) is 23.1 Å². The second kappa shape index (κ2) is 6.57. The maximum Gasteiger partial charge on any atom is 0.136 e. The molecule has 0 fully saturated rings. The molecule has 2 rings (SSSR count). The van der Waals surface area contributed by atoms with E-state index in [9.17, 15) is 0 Å². The summed E-state index contributed by atoms with van der Waals surface area (Å²) in [7, 11) is 0. The lowest BCUT2D eigenvalue weighted by molar-refractivity contribution is 0.835. The van der Waals surface area contributed by atoms with Gasteiger partial charge in [-0.3, -0.25) is 0 Å². The number of nitrogens with one attached hydrogen (secondary N) is 1. The van der Waals surface area contributed by atoms with Gasteiger partial charge >= 0.3 is 0 Å². The summed E-state index contributed by atoms with van der Waals surface area (Å²) >= 11 is 0. The van der Waals surface area contributed by atoms with E-state index in [1.807, 2.05) is 13.0 Å². The van der Waals surface area contributed by atoms with Crippen LogP contribution >= 0.6 is 0 Å². The monoisotopic (exact) mass is 284 g/mol. The molecule has 0 amide bonds. The molecule has 1 aromatic carbocycles. The topological polar surface area (TPSA) is 41.0 Å². The van der Waals surface area contributed by atoms with Crippen LogP contribution < -0.4 is 10.2 Å². The van der Waals surface area contributed by atoms with E-state index in [-0.39, 0.29) is 0 Å². The number of hydrogen-bond acceptors (Lipinski definition) is 4. The van der Waals surface area contributed by atoms with Crippen molar-refractivity contribution in [3.05, 3.63) is 41.2 Å². The standard InChI is InChI=1S/C17H24N4/c1-6-21(7-2)17-11-16(18-14(5)19-17)20-15-9-8-12(3)10-13(15)4/h8-11H,6-7H2,1-5H3,(H,18,19,20). The summed E-state index contributed by atoms with van der Waals surface area (Å²) in [4.78, 5) is 11.2. The highest BCUT2D eigenvalue weighted by molar-refractivity contribution is 5.63. The molecule has 0 atom stereocenters. The van der Waals surface area contributed by atoms with Gasteiger partial charge in [0.25, 0.3) is 0 Å². The number of anilines is 3. The van der Waals surface area contributed by atoms with Gasteiger partial charge in [-0.05, 0) is 46.2 Å². The second-order valence-electron chi connectivity index (χ2n) is 5.27. The number of hydrogen-bond donors (Lipinski definition) is 1. The van der Waals surface area contributed by atoms with E-state index >= 15 is 0 Å². The zero-order valence-electron chi connectivity index (χ0n) is 13.6. The van der Waals surface area contributed by atoms with Gasteiger partial charge in [0.15, 0.2) is 0 Å². The molecule has 0 aliphatic heterocycles. The summed E-state index contributed by atoms with van der Waals surface area (Å²) in [6, 6.07) is 8.38. The minimum Gasteiger partial charge on any atom is -0.357 e. The fraction of sp³-hybridized carbons (Fsp3) is 0.412. The molecule has 0 spiro atoms. The van der Waals surface area contributed by atoms with Crippen LogP contribution in [0.5, 0.6) is 0 Å². The lowest BCUT2D eigenvalue weighted by Gasteiger charge is -2.21. The first-order valence-electron chi connectivity index (χ1n) is 7.48. The number of benzene rings is 1. The van der Waals surface area contributed by atoms with Crippen LogP contribution in [0.1, 0.15) is 30.8 Å². The lowest BCUT2D eigenvalue weighted by Crippen LogP contribution is -2.23. The Balaban J connectivity index is 2.31. The zero-order chi connectivity index (χ0) is 15.4. The van der Waals surface area contributed by atoms with E-state index in [0.29, 0.717) is 0 Å². The molecule has 1 heterocycles. The molecule has 0 aliphatic rings. The molecule has 0 bridgehead atoms. The van der Waals surface area contributed by atoms with Gasteiger partial charge in [-0.2, -0.15) is 0 Å². The predicted molar refractivity (Wildman–Crippen MR) is 89.5 cm³/mol. The van der Waals surface area contributed by atoms with E-state index in [0.717, 1.165) is 36.2 Å². The lowest BCUT2D eigenvalue weighted by atomic mass is 10.1. The van der Waals surface area contributed by atoms with Crippen LogP contribution in [0.2, 0.25) is 0 Å². The minimum absolute atomic E-state index is 0.784. The molecule has 21 heavy (non-hydrogen) atoms. The highest BCUT2D eigenvalue weighted by Crippen LogP contribution is 2.23. The van der Waals surface area contributed by atoms with Crippen molar-refractivity contribution < 1.29 is 0 Å². The summed E-state index contributed by atoms with van der Waals surface area (Å²) in [5.41, 5.74) is 3.57. The predicted octanol–water partition coefficient (Wildman–Crippen LogP) is 3.99. The Kier molecular flexibility index (Phi) is 4.78. The number of aromatic nitrogens is 2. The summed E-state index contributed by atoms with van der Waals surface area (Å²) in [5, 5.41) is 3.41. The number of nitrogens with zero attached hydrogens (tertiary/aromatic N) is 3. The molecule has 0 radical (unpaired) electrons. The smallest absolute Gasteiger partial charge is 0.136 e. The van der Waals surface area contributed by atoms with Crippen molar-refractivity contribution in [1.29, 1.82) is 0 Å². The molecule has 112 valence electrons. The number of aryl methyl sites for hydroxylation is 3. The Morgan fingerprint density at radius 1 is 1.00 bits per heavy atom. The van der Waals surface area contributed by atoms with E-state index in [4.69, 9.17) is 0 Å². The second-order valence-corrected chi connectivity index (χ2v) is 5.27. The van der Waals surface area contributed by atoms with E-state index < -0.39 is 0 Å². The average Bonchev–Trinajstić information content (AvgIpc) is 2.43. The average molecular weight is 284 g/mol. The van der Waals surface area contributed by atoms with Crippen LogP contribution in [0.15, 0.2) is 24.3 Å². The van der Waals surface area contributed by atoms with Crippen molar-refractivity contribution in [2.24, 2.45) is 0 Å². The van der Waals surface area contributed by atoms with Crippen molar-refractivity contribution >= 4 is 17.3 Å². The Labute approximate surface area is 127 Å². The summed E-state index contributed by atoms with van der Waals surface area (Å²) < 4.78 is 0. The highest BCUT2D eigenvalue weighted by Gasteiger charge is 2.08. The Morgan fingerprint density at radius 3 is 2.33 bits per heavy atom. The molecule has 0 saturated heterocycles. The van der Waals surface area contributed by atoms with Crippen LogP contribution in [0.25, 0.3) is 0 Å². The van der Waals surface area contributed by atoms with E-state index in [2.05, 4.69) is 66.1 Å².